The topological polar surface area (TPSA) is 62.2 Å². The largest absolute Gasteiger partial charge is 0.481 e. The van der Waals surface area contributed by atoms with Crippen molar-refractivity contribution in [2.75, 3.05) is 0 Å². The Morgan fingerprint density at radius 3 is 2.67 bits per heavy atom. The quantitative estimate of drug-likeness (QED) is 0.906. The van der Waals surface area contributed by atoms with Crippen LogP contribution in [0.25, 0.3) is 10.9 Å². The van der Waals surface area contributed by atoms with Gasteiger partial charge in [-0.2, -0.15) is 0 Å². The molecule has 110 valence electrons. The monoisotopic (exact) mass is 284 g/mol. The molecule has 0 aliphatic heterocycles. The van der Waals surface area contributed by atoms with Crippen LogP contribution in [0.3, 0.4) is 0 Å². The van der Waals surface area contributed by atoms with E-state index in [-0.39, 0.29) is 5.92 Å². The Hall–Kier alpha value is -1.94. The van der Waals surface area contributed by atoms with Crippen LogP contribution >= 0.6 is 0 Å². The average Bonchev–Trinajstić information content (AvgIpc) is 2.53. The number of pyridine rings is 1. The number of benzene rings is 1. The summed E-state index contributed by atoms with van der Waals surface area (Å²) >= 11 is 0. The molecule has 1 fully saturated rings. The van der Waals surface area contributed by atoms with Gasteiger partial charge in [-0.05, 0) is 37.8 Å². The standard InChI is InChI=1S/C17H20N2O2/c20-17(21)13-6-8-14(9-7-13)18-11-15-10-5-12-3-1-2-4-16(12)19-15/h1-5,10,13-14,18H,6-9,11H2,(H,20,21). The van der Waals surface area contributed by atoms with Gasteiger partial charge < -0.3 is 10.4 Å². The van der Waals surface area contributed by atoms with Crippen LogP contribution in [-0.4, -0.2) is 22.1 Å². The normalized spacial score (nSPS) is 22.3. The number of nitrogens with zero attached hydrogens (tertiary/aromatic N) is 1. The third kappa shape index (κ3) is 3.39. The van der Waals surface area contributed by atoms with Crippen LogP contribution in [-0.2, 0) is 11.3 Å². The van der Waals surface area contributed by atoms with Gasteiger partial charge in [0.05, 0.1) is 17.1 Å². The summed E-state index contributed by atoms with van der Waals surface area (Å²) in [4.78, 5) is 15.6. The van der Waals surface area contributed by atoms with Gasteiger partial charge in [-0.1, -0.05) is 24.3 Å². The van der Waals surface area contributed by atoms with Gasteiger partial charge in [-0.3, -0.25) is 9.78 Å². The van der Waals surface area contributed by atoms with E-state index in [1.165, 1.54) is 0 Å². The second kappa shape index (κ2) is 6.22. The summed E-state index contributed by atoms with van der Waals surface area (Å²) in [5, 5.41) is 13.7. The molecule has 2 aromatic rings. The SMILES string of the molecule is O=C(O)C1CCC(NCc2ccc3ccccc3n2)CC1. The summed E-state index contributed by atoms with van der Waals surface area (Å²) in [6, 6.07) is 12.7. The molecular formula is C17H20N2O2. The third-order valence-corrected chi connectivity index (χ3v) is 4.30. The highest BCUT2D eigenvalue weighted by Crippen LogP contribution is 2.24. The highest BCUT2D eigenvalue weighted by atomic mass is 16.4. The van der Waals surface area contributed by atoms with E-state index in [1.54, 1.807) is 0 Å². The van der Waals surface area contributed by atoms with Gasteiger partial charge in [0.2, 0.25) is 0 Å². The third-order valence-electron chi connectivity index (χ3n) is 4.30. The van der Waals surface area contributed by atoms with E-state index < -0.39 is 5.97 Å². The number of carboxylic acids is 1. The number of fused-ring (bicyclic) bond motifs is 1. The first kappa shape index (κ1) is 14.0. The second-order valence-electron chi connectivity index (χ2n) is 5.76. The lowest BCUT2D eigenvalue weighted by atomic mass is 9.86. The van der Waals surface area contributed by atoms with E-state index in [1.807, 2.05) is 18.2 Å². The molecule has 4 heteroatoms. The first-order valence-electron chi connectivity index (χ1n) is 7.53. The molecule has 1 heterocycles. The Balaban J connectivity index is 1.56. The fourth-order valence-electron chi connectivity index (χ4n) is 3.00. The first-order valence-corrected chi connectivity index (χ1v) is 7.53. The van der Waals surface area contributed by atoms with Crippen molar-refractivity contribution in [3.05, 3.63) is 42.1 Å². The minimum Gasteiger partial charge on any atom is -0.481 e. The van der Waals surface area contributed by atoms with Crippen molar-refractivity contribution in [2.24, 2.45) is 5.92 Å². The summed E-state index contributed by atoms with van der Waals surface area (Å²) < 4.78 is 0. The molecule has 3 rings (SSSR count). The molecule has 0 unspecified atom stereocenters. The van der Waals surface area contributed by atoms with E-state index in [0.717, 1.165) is 48.8 Å². The van der Waals surface area contributed by atoms with Gasteiger partial charge in [0.25, 0.3) is 0 Å². The molecular weight excluding hydrogens is 264 g/mol. The molecule has 0 atom stereocenters. The molecule has 0 radical (unpaired) electrons. The Morgan fingerprint density at radius 1 is 1.14 bits per heavy atom. The summed E-state index contributed by atoms with van der Waals surface area (Å²) in [5.41, 5.74) is 2.06. The van der Waals surface area contributed by atoms with E-state index in [9.17, 15) is 4.79 Å². The van der Waals surface area contributed by atoms with Crippen LogP contribution in [0, 0.1) is 5.92 Å². The highest BCUT2D eigenvalue weighted by Gasteiger charge is 2.25. The molecule has 1 aliphatic carbocycles. The maximum atomic E-state index is 10.9. The molecule has 2 N–H and O–H groups in total. The summed E-state index contributed by atoms with van der Waals surface area (Å²) in [6.07, 6.45) is 3.42. The van der Waals surface area contributed by atoms with E-state index >= 15 is 0 Å². The van der Waals surface area contributed by atoms with Crippen LogP contribution in [0.15, 0.2) is 36.4 Å². The zero-order valence-electron chi connectivity index (χ0n) is 12.0. The fraction of sp³-hybridized carbons (Fsp3) is 0.412. The molecule has 1 aliphatic rings. The Labute approximate surface area is 124 Å². The number of rotatable bonds is 4. The molecule has 0 amide bonds. The van der Waals surface area contributed by atoms with Crippen LogP contribution in [0.5, 0.6) is 0 Å². The maximum Gasteiger partial charge on any atom is 0.306 e. The zero-order valence-corrected chi connectivity index (χ0v) is 12.0. The van der Waals surface area contributed by atoms with Gasteiger partial charge in [-0.15, -0.1) is 0 Å². The van der Waals surface area contributed by atoms with Crippen LogP contribution in [0.2, 0.25) is 0 Å². The van der Waals surface area contributed by atoms with Crippen molar-refractivity contribution >= 4 is 16.9 Å². The number of carbonyl (C=O) groups is 1. The van der Waals surface area contributed by atoms with Gasteiger partial charge in [0.1, 0.15) is 0 Å². The molecule has 0 saturated heterocycles. The van der Waals surface area contributed by atoms with Crippen LogP contribution < -0.4 is 5.32 Å². The van der Waals surface area contributed by atoms with Crippen molar-refractivity contribution in [3.63, 3.8) is 0 Å². The molecule has 1 saturated carbocycles. The van der Waals surface area contributed by atoms with Gasteiger partial charge >= 0.3 is 5.97 Å². The molecule has 21 heavy (non-hydrogen) atoms. The molecule has 0 bridgehead atoms. The minimum atomic E-state index is -0.648. The number of carboxylic acid groups (broad SMARTS) is 1. The summed E-state index contributed by atoms with van der Waals surface area (Å²) in [7, 11) is 0. The smallest absolute Gasteiger partial charge is 0.306 e. The lowest BCUT2D eigenvalue weighted by molar-refractivity contribution is -0.142. The van der Waals surface area contributed by atoms with Crippen LogP contribution in [0.1, 0.15) is 31.4 Å². The second-order valence-corrected chi connectivity index (χ2v) is 5.76. The van der Waals surface area contributed by atoms with Gasteiger partial charge in [0.15, 0.2) is 0 Å². The fourth-order valence-corrected chi connectivity index (χ4v) is 3.00. The minimum absolute atomic E-state index is 0.151. The molecule has 4 nitrogen and oxygen atoms in total. The van der Waals surface area contributed by atoms with Crippen molar-refractivity contribution in [3.8, 4) is 0 Å². The van der Waals surface area contributed by atoms with Crippen molar-refractivity contribution in [2.45, 2.75) is 38.3 Å². The number of hydrogen-bond donors (Lipinski definition) is 2. The Bertz CT molecular complexity index is 633. The molecule has 1 aromatic heterocycles. The van der Waals surface area contributed by atoms with Crippen LogP contribution in [0.4, 0.5) is 0 Å². The van der Waals surface area contributed by atoms with E-state index in [2.05, 4.69) is 28.5 Å². The lowest BCUT2D eigenvalue weighted by Gasteiger charge is -2.26. The first-order chi connectivity index (χ1) is 10.2. The Kier molecular flexibility index (Phi) is 4.15. The highest BCUT2D eigenvalue weighted by molar-refractivity contribution is 5.78. The van der Waals surface area contributed by atoms with Crippen molar-refractivity contribution in [1.29, 1.82) is 0 Å². The number of aliphatic carboxylic acids is 1. The number of hydrogen-bond acceptors (Lipinski definition) is 3. The predicted molar refractivity (Wildman–Crippen MR) is 82.0 cm³/mol. The Morgan fingerprint density at radius 2 is 1.90 bits per heavy atom. The predicted octanol–water partition coefficient (Wildman–Crippen LogP) is 2.97. The number of aromatic nitrogens is 1. The van der Waals surface area contributed by atoms with Gasteiger partial charge in [0, 0.05) is 18.0 Å². The average molecular weight is 284 g/mol. The lowest BCUT2D eigenvalue weighted by Crippen LogP contribution is -2.34. The van der Waals surface area contributed by atoms with Crippen molar-refractivity contribution < 1.29 is 9.90 Å². The summed E-state index contributed by atoms with van der Waals surface area (Å²) in [6.45, 7) is 0.743. The number of para-hydroxylation sites is 1. The van der Waals surface area contributed by atoms with E-state index in [4.69, 9.17) is 5.11 Å². The van der Waals surface area contributed by atoms with Gasteiger partial charge in [-0.25, -0.2) is 0 Å². The van der Waals surface area contributed by atoms with E-state index in [0.29, 0.717) is 6.04 Å². The van der Waals surface area contributed by atoms with Crippen molar-refractivity contribution in [1.82, 2.24) is 10.3 Å². The number of nitrogens with one attached hydrogen (secondary N) is 1. The molecule has 0 spiro atoms. The molecule has 1 aromatic carbocycles. The summed E-state index contributed by atoms with van der Waals surface area (Å²) in [5.74, 6) is -0.800. The maximum absolute atomic E-state index is 10.9. The zero-order chi connectivity index (χ0) is 14.7.